The molecule has 0 radical (unpaired) electrons. The van der Waals surface area contributed by atoms with Gasteiger partial charge in [0.25, 0.3) is 0 Å². The number of nitrogen functional groups attached to an aromatic ring is 1. The molecular weight excluding hydrogens is 530 g/mol. The van der Waals surface area contributed by atoms with Crippen molar-refractivity contribution < 1.29 is 19.0 Å². The van der Waals surface area contributed by atoms with Crippen molar-refractivity contribution in [3.05, 3.63) is 83.7 Å². The van der Waals surface area contributed by atoms with Gasteiger partial charge in [0.2, 0.25) is 0 Å². The first-order chi connectivity index (χ1) is 20.4. The molecule has 3 aromatic carbocycles. The Hall–Kier alpha value is -4.47. The number of pyridine rings is 1. The lowest BCUT2D eigenvalue weighted by Crippen LogP contribution is -2.38. The number of esters is 1. The smallest absolute Gasteiger partial charge is 0.310 e. The summed E-state index contributed by atoms with van der Waals surface area (Å²) >= 11 is 0. The van der Waals surface area contributed by atoms with E-state index >= 15 is 0 Å². The topological polar surface area (TPSA) is 128 Å². The van der Waals surface area contributed by atoms with Crippen molar-refractivity contribution in [3.63, 3.8) is 0 Å². The molecule has 1 saturated carbocycles. The highest BCUT2D eigenvalue weighted by atomic mass is 16.5. The number of carbonyl (C=O) groups excluding carboxylic acids is 1. The van der Waals surface area contributed by atoms with Crippen LogP contribution in [-0.4, -0.2) is 40.5 Å². The lowest BCUT2D eigenvalue weighted by Gasteiger charge is -2.33. The summed E-state index contributed by atoms with van der Waals surface area (Å²) in [5, 5.41) is 7.95. The van der Waals surface area contributed by atoms with E-state index < -0.39 is 0 Å². The summed E-state index contributed by atoms with van der Waals surface area (Å²) in [6, 6.07) is 20.6. The number of aromatic nitrogens is 3. The number of hydrogen-bond acceptors (Lipinski definition) is 8. The van der Waals surface area contributed by atoms with E-state index in [9.17, 15) is 4.79 Å². The van der Waals surface area contributed by atoms with Gasteiger partial charge >= 0.3 is 5.97 Å². The second-order valence-corrected chi connectivity index (χ2v) is 10.8. The van der Waals surface area contributed by atoms with Crippen LogP contribution in [0.1, 0.15) is 42.6 Å². The Morgan fingerprint density at radius 2 is 1.79 bits per heavy atom. The summed E-state index contributed by atoms with van der Waals surface area (Å²) < 4.78 is 19.0. The molecule has 9 nitrogen and oxygen atoms in total. The molecule has 0 bridgehead atoms. The fourth-order valence-electron chi connectivity index (χ4n) is 5.66. The van der Waals surface area contributed by atoms with Crippen molar-refractivity contribution in [1.29, 1.82) is 0 Å². The van der Waals surface area contributed by atoms with Crippen molar-refractivity contribution in [2.24, 2.45) is 5.73 Å². The standard InChI is InChI=1S/C33H35N5O4/c1-3-41-32(39)15-24-12-20(18-40-2)4-9-31(24)42-19-30-28-14-23(7-8-29(28)37-38(30)26-16-25(34)17-26)22-6-5-21-10-11-36-33(35)27(21)13-22/h4-14,25-26H,3,15-19,34H2,1-2H3,(H2,35,36). The molecule has 216 valence electrons. The summed E-state index contributed by atoms with van der Waals surface area (Å²) in [4.78, 5) is 16.6. The minimum Gasteiger partial charge on any atom is -0.487 e. The zero-order chi connectivity index (χ0) is 29.2. The molecule has 0 unspecified atom stereocenters. The van der Waals surface area contributed by atoms with E-state index in [0.717, 1.165) is 62.5 Å². The number of ether oxygens (including phenoxy) is 3. The zero-order valence-corrected chi connectivity index (χ0v) is 23.9. The number of fused-ring (bicyclic) bond motifs is 2. The predicted octanol–water partition coefficient (Wildman–Crippen LogP) is 5.33. The molecule has 2 heterocycles. The molecule has 1 aliphatic rings. The minimum atomic E-state index is -0.299. The van der Waals surface area contributed by atoms with Gasteiger partial charge in [-0.2, -0.15) is 5.10 Å². The van der Waals surface area contributed by atoms with Gasteiger partial charge in [-0.15, -0.1) is 0 Å². The average molecular weight is 566 g/mol. The van der Waals surface area contributed by atoms with E-state index in [2.05, 4.69) is 40.0 Å². The summed E-state index contributed by atoms with van der Waals surface area (Å²) in [6.45, 7) is 2.84. The second-order valence-electron chi connectivity index (χ2n) is 10.8. The molecular formula is C33H35N5O4. The first-order valence-corrected chi connectivity index (χ1v) is 14.2. The Morgan fingerprint density at radius 1 is 1.00 bits per heavy atom. The number of nitrogens with zero attached hydrogens (tertiary/aromatic N) is 3. The van der Waals surface area contributed by atoms with Crippen LogP contribution in [0.25, 0.3) is 32.8 Å². The SMILES string of the molecule is CCOC(=O)Cc1cc(COC)ccc1OCc1c2cc(-c3ccc4ccnc(N)c4c3)ccc2nn1C1CC(N)C1. The maximum Gasteiger partial charge on any atom is 0.310 e. The van der Waals surface area contributed by atoms with Gasteiger partial charge in [0, 0.05) is 35.7 Å². The van der Waals surface area contributed by atoms with Crippen molar-refractivity contribution in [2.45, 2.75) is 51.5 Å². The van der Waals surface area contributed by atoms with Gasteiger partial charge in [-0.3, -0.25) is 9.48 Å². The monoisotopic (exact) mass is 565 g/mol. The third-order valence-corrected chi connectivity index (χ3v) is 7.87. The van der Waals surface area contributed by atoms with E-state index in [1.54, 1.807) is 20.2 Å². The molecule has 0 spiro atoms. The van der Waals surface area contributed by atoms with Crippen molar-refractivity contribution >= 4 is 33.5 Å². The maximum atomic E-state index is 12.4. The van der Waals surface area contributed by atoms with Crippen LogP contribution < -0.4 is 16.2 Å². The molecule has 0 saturated heterocycles. The molecule has 2 aromatic heterocycles. The van der Waals surface area contributed by atoms with Gasteiger partial charge in [-0.25, -0.2) is 4.98 Å². The highest BCUT2D eigenvalue weighted by Crippen LogP contribution is 2.36. The largest absolute Gasteiger partial charge is 0.487 e. The Labute approximate surface area is 244 Å². The molecule has 4 N–H and O–H groups in total. The van der Waals surface area contributed by atoms with E-state index in [4.69, 9.17) is 30.8 Å². The molecule has 42 heavy (non-hydrogen) atoms. The summed E-state index contributed by atoms with van der Waals surface area (Å²) in [5.74, 6) is 0.836. The molecule has 0 atom stereocenters. The molecule has 5 aromatic rings. The van der Waals surface area contributed by atoms with Crippen LogP contribution in [0.3, 0.4) is 0 Å². The van der Waals surface area contributed by atoms with Gasteiger partial charge in [-0.05, 0) is 78.2 Å². The van der Waals surface area contributed by atoms with Crippen molar-refractivity contribution in [2.75, 3.05) is 19.5 Å². The van der Waals surface area contributed by atoms with Gasteiger partial charge in [0.05, 0.1) is 36.9 Å². The average Bonchev–Trinajstić information content (AvgIpc) is 3.32. The highest BCUT2D eigenvalue weighted by molar-refractivity contribution is 5.95. The van der Waals surface area contributed by atoms with Crippen LogP contribution in [0.4, 0.5) is 5.82 Å². The highest BCUT2D eigenvalue weighted by Gasteiger charge is 2.31. The summed E-state index contributed by atoms with van der Waals surface area (Å²) in [6.07, 6.45) is 3.57. The van der Waals surface area contributed by atoms with Crippen LogP contribution in [0, 0.1) is 0 Å². The van der Waals surface area contributed by atoms with E-state index in [1.165, 1.54) is 0 Å². The van der Waals surface area contributed by atoms with E-state index in [1.807, 2.05) is 30.3 Å². The fraction of sp³-hybridized carbons (Fsp3) is 0.303. The Bertz CT molecular complexity index is 1760. The second kappa shape index (κ2) is 11.8. The van der Waals surface area contributed by atoms with Gasteiger partial charge in [0.15, 0.2) is 0 Å². The fourth-order valence-corrected chi connectivity index (χ4v) is 5.66. The summed E-state index contributed by atoms with van der Waals surface area (Å²) in [7, 11) is 1.64. The lowest BCUT2D eigenvalue weighted by atomic mass is 9.87. The Kier molecular flexibility index (Phi) is 7.78. The third-order valence-electron chi connectivity index (χ3n) is 7.87. The quantitative estimate of drug-likeness (QED) is 0.218. The number of carbonyl (C=O) groups is 1. The Balaban J connectivity index is 1.37. The van der Waals surface area contributed by atoms with E-state index in [0.29, 0.717) is 24.8 Å². The number of anilines is 1. The third kappa shape index (κ3) is 5.53. The normalized spacial score (nSPS) is 16.5. The molecule has 6 rings (SSSR count). The Morgan fingerprint density at radius 3 is 2.55 bits per heavy atom. The van der Waals surface area contributed by atoms with Gasteiger partial charge in [0.1, 0.15) is 18.2 Å². The van der Waals surface area contributed by atoms with Crippen LogP contribution >= 0.6 is 0 Å². The predicted molar refractivity (Wildman–Crippen MR) is 163 cm³/mol. The number of benzene rings is 3. The summed E-state index contributed by atoms with van der Waals surface area (Å²) in [5.41, 5.74) is 18.0. The van der Waals surface area contributed by atoms with E-state index in [-0.39, 0.29) is 31.1 Å². The van der Waals surface area contributed by atoms with Crippen LogP contribution in [0.15, 0.2) is 66.9 Å². The maximum absolute atomic E-state index is 12.4. The van der Waals surface area contributed by atoms with Crippen LogP contribution in [-0.2, 0) is 33.9 Å². The number of methoxy groups -OCH3 is 1. The van der Waals surface area contributed by atoms with Gasteiger partial charge < -0.3 is 25.7 Å². The van der Waals surface area contributed by atoms with Crippen LogP contribution in [0.2, 0.25) is 0 Å². The zero-order valence-electron chi connectivity index (χ0n) is 23.9. The molecule has 1 fully saturated rings. The lowest BCUT2D eigenvalue weighted by molar-refractivity contribution is -0.142. The van der Waals surface area contributed by atoms with Crippen LogP contribution in [0.5, 0.6) is 5.75 Å². The molecule has 0 aliphatic heterocycles. The first kappa shape index (κ1) is 27.7. The molecule has 0 amide bonds. The van der Waals surface area contributed by atoms with Gasteiger partial charge in [-0.1, -0.05) is 24.3 Å². The molecule has 9 heteroatoms. The van der Waals surface area contributed by atoms with Crippen molar-refractivity contribution in [1.82, 2.24) is 14.8 Å². The number of rotatable bonds is 10. The minimum absolute atomic E-state index is 0.113. The number of hydrogen-bond donors (Lipinski definition) is 2. The van der Waals surface area contributed by atoms with Crippen molar-refractivity contribution in [3.8, 4) is 16.9 Å². The first-order valence-electron chi connectivity index (χ1n) is 14.2. The number of nitrogens with two attached hydrogens (primary N) is 2. The molecule has 1 aliphatic carbocycles.